The second-order valence-electron chi connectivity index (χ2n) is 28.4. The minimum absolute atomic E-state index is 0.00412. The van der Waals surface area contributed by atoms with Gasteiger partial charge in [0.25, 0.3) is 0 Å². The van der Waals surface area contributed by atoms with Crippen LogP contribution in [0.25, 0.3) is 5.57 Å². The maximum atomic E-state index is 4.29. The van der Waals surface area contributed by atoms with E-state index in [4.69, 9.17) is 0 Å². The standard InChI is InChI=1S/C71H86N2/c1-21-28-52-58(69(18,19)42-64(52,8)9)41-72(59-38-56-54(33-45(59)2)65(10,11)43-67(56,14)15)61-36-50(63(5,6)7)37-62(47(61)4)73(60-39-57-55(34-46(60)3)66(12,13)44-68(57,16)17)71-40-51(35-53(71)48-29-24-22-25-30-48)70(71,20)49-31-26-23-27-32-49/h21-41H,1,42-44H2,2-20H3/b52-28+,58-41+. The third-order valence-corrected chi connectivity index (χ3v) is 19.0. The number of allylic oxidation sites excluding steroid dienone is 5. The maximum Gasteiger partial charge on any atom is 0.103 e. The van der Waals surface area contributed by atoms with Crippen molar-refractivity contribution >= 4 is 28.3 Å². The van der Waals surface area contributed by atoms with E-state index in [-0.39, 0.29) is 43.3 Å². The first-order valence-electron chi connectivity index (χ1n) is 27.5. The Hall–Kier alpha value is -5.60. The second kappa shape index (κ2) is 16.2. The van der Waals surface area contributed by atoms with Crippen molar-refractivity contribution in [1.29, 1.82) is 0 Å². The highest BCUT2D eigenvalue weighted by Gasteiger charge is 2.67. The lowest BCUT2D eigenvalue weighted by atomic mass is 9.54. The molecule has 2 nitrogen and oxygen atoms in total. The Morgan fingerprint density at radius 3 is 1.52 bits per heavy atom. The Labute approximate surface area is 442 Å². The summed E-state index contributed by atoms with van der Waals surface area (Å²) in [6, 6.07) is 38.2. The van der Waals surface area contributed by atoms with Crippen molar-refractivity contribution in [3.63, 3.8) is 0 Å². The summed E-state index contributed by atoms with van der Waals surface area (Å²) in [5, 5.41) is 0. The van der Waals surface area contributed by atoms with E-state index in [1.54, 1.807) is 0 Å². The average molecular weight is 967 g/mol. The summed E-state index contributed by atoms with van der Waals surface area (Å²) in [5.74, 6) is 0. The van der Waals surface area contributed by atoms with E-state index in [2.05, 4.69) is 269 Å². The molecule has 380 valence electrons. The number of benzene rings is 5. The molecular weight excluding hydrogens is 881 g/mol. The van der Waals surface area contributed by atoms with Gasteiger partial charge < -0.3 is 9.80 Å². The number of aryl methyl sites for hydroxylation is 2. The summed E-state index contributed by atoms with van der Waals surface area (Å²) in [5.41, 5.74) is 23.1. The Balaban J connectivity index is 1.36. The predicted molar refractivity (Wildman–Crippen MR) is 315 cm³/mol. The number of anilines is 4. The zero-order valence-corrected chi connectivity index (χ0v) is 48.3. The van der Waals surface area contributed by atoms with Crippen molar-refractivity contribution in [2.24, 2.45) is 10.8 Å². The molecule has 0 heterocycles. The maximum absolute atomic E-state index is 4.29. The molecule has 2 unspecified atom stereocenters. The summed E-state index contributed by atoms with van der Waals surface area (Å²) in [7, 11) is 0. The van der Waals surface area contributed by atoms with Crippen LogP contribution in [0.2, 0.25) is 0 Å². The van der Waals surface area contributed by atoms with Crippen LogP contribution in [0, 0.1) is 31.6 Å². The normalized spacial score (nSPS) is 25.2. The minimum Gasteiger partial charge on any atom is -0.326 e. The van der Waals surface area contributed by atoms with Crippen LogP contribution < -0.4 is 9.80 Å². The highest BCUT2D eigenvalue weighted by atomic mass is 15.3. The van der Waals surface area contributed by atoms with E-state index < -0.39 is 5.54 Å². The highest BCUT2D eigenvalue weighted by Crippen LogP contribution is 2.69. The Bertz CT molecular complexity index is 3240. The molecule has 73 heavy (non-hydrogen) atoms. The van der Waals surface area contributed by atoms with Gasteiger partial charge in [0.1, 0.15) is 5.54 Å². The molecule has 0 aliphatic heterocycles. The summed E-state index contributed by atoms with van der Waals surface area (Å²) >= 11 is 0. The van der Waals surface area contributed by atoms with Gasteiger partial charge in [0, 0.05) is 28.7 Å². The summed E-state index contributed by atoms with van der Waals surface area (Å²) < 4.78 is 0. The van der Waals surface area contributed by atoms with Gasteiger partial charge in [-0.05, 0) is 193 Å². The van der Waals surface area contributed by atoms with Crippen LogP contribution in [0.1, 0.15) is 186 Å². The molecule has 2 atom stereocenters. The zero-order valence-electron chi connectivity index (χ0n) is 48.3. The predicted octanol–water partition coefficient (Wildman–Crippen LogP) is 19.3. The third kappa shape index (κ3) is 7.52. The Morgan fingerprint density at radius 2 is 0.986 bits per heavy atom. The lowest BCUT2D eigenvalue weighted by Crippen LogP contribution is -2.63. The molecule has 0 spiro atoms. The fourth-order valence-electron chi connectivity index (χ4n) is 15.9. The molecule has 0 saturated heterocycles. The molecule has 0 N–H and O–H groups in total. The van der Waals surface area contributed by atoms with E-state index in [1.807, 2.05) is 6.08 Å². The van der Waals surface area contributed by atoms with Crippen molar-refractivity contribution in [2.75, 3.05) is 9.80 Å². The SMILES string of the molecule is C=C/C=C1\C(=C/N(c2cc3c(cc2C)C(C)(C)CC3(C)C)c2cc(C(C)(C)C)cc(N(c3cc4c(cc3C)C(C)(C)CC4(C)C)C34C=C(C=C3c3ccccc3)C4(C)c3ccccc3)c2C)C(C)(C)CC1(C)C. The van der Waals surface area contributed by atoms with Gasteiger partial charge in [-0.15, -0.1) is 0 Å². The molecule has 11 rings (SSSR count). The van der Waals surface area contributed by atoms with E-state index in [1.165, 1.54) is 101 Å². The van der Waals surface area contributed by atoms with Crippen LogP contribution in [-0.4, -0.2) is 5.54 Å². The van der Waals surface area contributed by atoms with E-state index >= 15 is 0 Å². The Kier molecular flexibility index (Phi) is 11.3. The highest BCUT2D eigenvalue weighted by molar-refractivity contribution is 5.99. The quantitative estimate of drug-likeness (QED) is 0.145. The third-order valence-electron chi connectivity index (χ3n) is 19.0. The van der Waals surface area contributed by atoms with Crippen molar-refractivity contribution < 1.29 is 0 Å². The van der Waals surface area contributed by atoms with Gasteiger partial charge in [-0.3, -0.25) is 0 Å². The van der Waals surface area contributed by atoms with Gasteiger partial charge in [-0.25, -0.2) is 0 Å². The molecule has 1 saturated carbocycles. The molecule has 1 fully saturated rings. The molecule has 0 aromatic heterocycles. The molecule has 2 bridgehead atoms. The first-order chi connectivity index (χ1) is 33.8. The molecule has 5 aromatic carbocycles. The first kappa shape index (κ1) is 50.9. The smallest absolute Gasteiger partial charge is 0.103 e. The van der Waals surface area contributed by atoms with Crippen LogP contribution in [0.3, 0.4) is 0 Å². The first-order valence-corrected chi connectivity index (χ1v) is 27.5. The molecule has 2 heteroatoms. The van der Waals surface area contributed by atoms with E-state index in [0.29, 0.717) is 0 Å². The van der Waals surface area contributed by atoms with Crippen LogP contribution in [-0.2, 0) is 32.5 Å². The van der Waals surface area contributed by atoms with Crippen LogP contribution in [0.15, 0.2) is 151 Å². The minimum atomic E-state index is -0.583. The zero-order chi connectivity index (χ0) is 53.0. The fourth-order valence-corrected chi connectivity index (χ4v) is 15.9. The number of nitrogens with zero attached hydrogens (tertiary/aromatic N) is 2. The average Bonchev–Trinajstić information content (AvgIpc) is 3.97. The van der Waals surface area contributed by atoms with Crippen molar-refractivity contribution in [1.82, 2.24) is 0 Å². The van der Waals surface area contributed by atoms with Crippen LogP contribution in [0.4, 0.5) is 22.7 Å². The van der Waals surface area contributed by atoms with Gasteiger partial charge in [0.2, 0.25) is 0 Å². The van der Waals surface area contributed by atoms with E-state index in [9.17, 15) is 0 Å². The number of hydrogen-bond acceptors (Lipinski definition) is 2. The number of hydrogen-bond donors (Lipinski definition) is 0. The topological polar surface area (TPSA) is 6.48 Å². The molecular formula is C71H86N2. The molecule has 0 radical (unpaired) electrons. The summed E-state index contributed by atoms with van der Waals surface area (Å²) in [4.78, 5) is 5.51. The second-order valence-corrected chi connectivity index (χ2v) is 28.4. The summed E-state index contributed by atoms with van der Waals surface area (Å²) in [6.45, 7) is 50.6. The molecule has 5 aromatic rings. The van der Waals surface area contributed by atoms with E-state index in [0.717, 1.165) is 19.3 Å². The Morgan fingerprint density at radius 1 is 0.521 bits per heavy atom. The van der Waals surface area contributed by atoms with Gasteiger partial charge in [0.15, 0.2) is 0 Å². The van der Waals surface area contributed by atoms with Gasteiger partial charge in [-0.2, -0.15) is 0 Å². The lowest BCUT2D eigenvalue weighted by molar-refractivity contribution is 0.338. The molecule has 0 amide bonds. The van der Waals surface area contributed by atoms with Crippen molar-refractivity contribution in [2.45, 2.75) is 189 Å². The largest absolute Gasteiger partial charge is 0.326 e. The lowest BCUT2D eigenvalue weighted by Gasteiger charge is -2.59. The summed E-state index contributed by atoms with van der Waals surface area (Å²) in [6.07, 6.45) is 15.3. The molecule has 6 aliphatic carbocycles. The fraction of sp³-hybridized carbons (Fsp3) is 0.437. The van der Waals surface area contributed by atoms with Crippen LogP contribution in [0.5, 0.6) is 0 Å². The van der Waals surface area contributed by atoms with Gasteiger partial charge in [-0.1, -0.05) is 201 Å². The van der Waals surface area contributed by atoms with Gasteiger partial charge in [0.05, 0.1) is 5.69 Å². The number of rotatable bonds is 9. The number of fused-ring (bicyclic) bond motifs is 2. The molecule has 6 aliphatic rings. The monoisotopic (exact) mass is 967 g/mol. The van der Waals surface area contributed by atoms with Crippen LogP contribution >= 0.6 is 0 Å². The van der Waals surface area contributed by atoms with Crippen molar-refractivity contribution in [3.8, 4) is 0 Å². The van der Waals surface area contributed by atoms with Crippen molar-refractivity contribution in [3.05, 3.63) is 206 Å². The van der Waals surface area contributed by atoms with Gasteiger partial charge >= 0.3 is 0 Å².